The number of aryl methyl sites for hydroxylation is 1. The summed E-state index contributed by atoms with van der Waals surface area (Å²) in [5.41, 5.74) is 2.26. The van der Waals surface area contributed by atoms with Crippen molar-refractivity contribution in [3.8, 4) is 5.75 Å². The van der Waals surface area contributed by atoms with Crippen LogP contribution in [0.1, 0.15) is 18.1 Å². The van der Waals surface area contributed by atoms with Gasteiger partial charge in [0.15, 0.2) is 0 Å². The third kappa shape index (κ3) is 4.14. The van der Waals surface area contributed by atoms with Crippen LogP contribution in [0.25, 0.3) is 0 Å². The van der Waals surface area contributed by atoms with Gasteiger partial charge in [-0.15, -0.1) is 0 Å². The van der Waals surface area contributed by atoms with Crippen LogP contribution in [0.2, 0.25) is 0 Å². The maximum atomic E-state index is 11.6. The molecular weight excluding hydrogens is 238 g/mol. The van der Waals surface area contributed by atoms with E-state index in [1.807, 2.05) is 42.5 Å². The zero-order valence-corrected chi connectivity index (χ0v) is 10.9. The molecule has 0 fully saturated rings. The Kier molecular flexibility index (Phi) is 4.56. The Balaban J connectivity index is 1.83. The summed E-state index contributed by atoms with van der Waals surface area (Å²) in [5.74, 6) is 0.558. The molecule has 0 bridgehead atoms. The molecule has 0 aromatic heterocycles. The second-order valence-electron chi connectivity index (χ2n) is 4.23. The molecule has 3 heteroatoms. The molecule has 0 unspecified atom stereocenters. The van der Waals surface area contributed by atoms with Crippen molar-refractivity contribution < 1.29 is 9.53 Å². The van der Waals surface area contributed by atoms with E-state index in [0.29, 0.717) is 12.3 Å². The number of amides is 1. The van der Waals surface area contributed by atoms with Gasteiger partial charge in [0.25, 0.3) is 0 Å². The Hall–Kier alpha value is -2.29. The van der Waals surface area contributed by atoms with Crippen molar-refractivity contribution in [3.05, 3.63) is 65.7 Å². The molecule has 0 aliphatic carbocycles. The van der Waals surface area contributed by atoms with E-state index in [4.69, 9.17) is 4.74 Å². The summed E-state index contributed by atoms with van der Waals surface area (Å²) in [5, 5.41) is 2.71. The lowest BCUT2D eigenvalue weighted by Gasteiger charge is -2.07. The molecule has 1 N–H and O–H groups in total. The van der Waals surface area contributed by atoms with Gasteiger partial charge in [-0.1, -0.05) is 49.4 Å². The minimum absolute atomic E-state index is 0.437. The zero-order chi connectivity index (χ0) is 13.5. The second-order valence-corrected chi connectivity index (χ2v) is 4.23. The molecule has 0 saturated heterocycles. The summed E-state index contributed by atoms with van der Waals surface area (Å²) in [6.45, 7) is 2.55. The van der Waals surface area contributed by atoms with Gasteiger partial charge < -0.3 is 10.1 Å². The van der Waals surface area contributed by atoms with Crippen LogP contribution >= 0.6 is 0 Å². The Morgan fingerprint density at radius 2 is 1.68 bits per heavy atom. The predicted molar refractivity (Wildman–Crippen MR) is 75.1 cm³/mol. The van der Waals surface area contributed by atoms with Gasteiger partial charge >= 0.3 is 6.09 Å². The summed E-state index contributed by atoms with van der Waals surface area (Å²) in [6, 6.07) is 17.3. The quantitative estimate of drug-likeness (QED) is 0.907. The Labute approximate surface area is 113 Å². The van der Waals surface area contributed by atoms with Crippen molar-refractivity contribution in [1.82, 2.24) is 5.32 Å². The zero-order valence-electron chi connectivity index (χ0n) is 10.9. The third-order valence-corrected chi connectivity index (χ3v) is 2.82. The number of hydrogen-bond donors (Lipinski definition) is 1. The first-order chi connectivity index (χ1) is 9.28. The lowest BCUT2D eigenvalue weighted by Crippen LogP contribution is -2.26. The molecule has 3 nitrogen and oxygen atoms in total. The van der Waals surface area contributed by atoms with Crippen molar-refractivity contribution in [1.29, 1.82) is 0 Å². The summed E-state index contributed by atoms with van der Waals surface area (Å²) >= 11 is 0. The van der Waals surface area contributed by atoms with Crippen LogP contribution in [-0.2, 0) is 13.0 Å². The number of ether oxygens (including phenoxy) is 1. The van der Waals surface area contributed by atoms with E-state index in [1.54, 1.807) is 12.1 Å². The summed E-state index contributed by atoms with van der Waals surface area (Å²) in [4.78, 5) is 11.6. The fourth-order valence-electron chi connectivity index (χ4n) is 1.71. The standard InChI is InChI=1S/C16H17NO2/c1-2-13-8-10-15(11-9-13)19-16(18)17-12-14-6-4-3-5-7-14/h3-11H,2,12H2,1H3,(H,17,18). The van der Waals surface area contributed by atoms with Crippen molar-refractivity contribution in [2.24, 2.45) is 0 Å². The molecular formula is C16H17NO2. The van der Waals surface area contributed by atoms with E-state index in [9.17, 15) is 4.79 Å². The first-order valence-electron chi connectivity index (χ1n) is 6.36. The number of rotatable bonds is 4. The van der Waals surface area contributed by atoms with E-state index in [-0.39, 0.29) is 0 Å². The first-order valence-corrected chi connectivity index (χ1v) is 6.36. The highest BCUT2D eigenvalue weighted by atomic mass is 16.5. The van der Waals surface area contributed by atoms with Gasteiger partial charge in [0.2, 0.25) is 0 Å². The summed E-state index contributed by atoms with van der Waals surface area (Å²) < 4.78 is 5.19. The van der Waals surface area contributed by atoms with Crippen molar-refractivity contribution in [2.45, 2.75) is 19.9 Å². The molecule has 0 saturated carbocycles. The van der Waals surface area contributed by atoms with Gasteiger partial charge in [-0.05, 0) is 29.7 Å². The van der Waals surface area contributed by atoms with E-state index < -0.39 is 6.09 Å². The van der Waals surface area contributed by atoms with Crippen molar-refractivity contribution in [2.75, 3.05) is 0 Å². The molecule has 19 heavy (non-hydrogen) atoms. The average molecular weight is 255 g/mol. The van der Waals surface area contributed by atoms with Gasteiger partial charge in [-0.3, -0.25) is 0 Å². The molecule has 0 radical (unpaired) electrons. The van der Waals surface area contributed by atoms with Gasteiger partial charge in [0.05, 0.1) is 0 Å². The fraction of sp³-hybridized carbons (Fsp3) is 0.188. The van der Waals surface area contributed by atoms with E-state index in [2.05, 4.69) is 12.2 Å². The molecule has 98 valence electrons. The maximum absolute atomic E-state index is 11.6. The largest absolute Gasteiger partial charge is 0.412 e. The van der Waals surface area contributed by atoms with E-state index in [0.717, 1.165) is 12.0 Å². The highest BCUT2D eigenvalue weighted by Gasteiger charge is 2.03. The second kappa shape index (κ2) is 6.59. The van der Waals surface area contributed by atoms with Gasteiger partial charge in [-0.2, -0.15) is 0 Å². The van der Waals surface area contributed by atoms with Crippen LogP contribution in [0.3, 0.4) is 0 Å². The number of hydrogen-bond acceptors (Lipinski definition) is 2. The number of carbonyl (C=O) groups excluding carboxylic acids is 1. The van der Waals surface area contributed by atoms with Crippen molar-refractivity contribution >= 4 is 6.09 Å². The molecule has 1 amide bonds. The van der Waals surface area contributed by atoms with E-state index >= 15 is 0 Å². The topological polar surface area (TPSA) is 38.3 Å². The molecule has 0 aliphatic heterocycles. The highest BCUT2D eigenvalue weighted by molar-refractivity contribution is 5.70. The molecule has 2 aromatic rings. The van der Waals surface area contributed by atoms with E-state index in [1.165, 1.54) is 5.56 Å². The van der Waals surface area contributed by atoms with Crippen LogP contribution in [0.4, 0.5) is 4.79 Å². The average Bonchev–Trinajstić information content (AvgIpc) is 2.47. The summed E-state index contributed by atoms with van der Waals surface area (Å²) in [6.07, 6.45) is 0.536. The minimum Gasteiger partial charge on any atom is -0.410 e. The fourth-order valence-corrected chi connectivity index (χ4v) is 1.71. The maximum Gasteiger partial charge on any atom is 0.412 e. The SMILES string of the molecule is CCc1ccc(OC(=O)NCc2ccccc2)cc1. The normalized spacial score (nSPS) is 9.95. The molecule has 2 aromatic carbocycles. The Morgan fingerprint density at radius 1 is 1.00 bits per heavy atom. The summed E-state index contributed by atoms with van der Waals surface area (Å²) in [7, 11) is 0. The first kappa shape index (κ1) is 13.1. The number of benzene rings is 2. The smallest absolute Gasteiger partial charge is 0.410 e. The third-order valence-electron chi connectivity index (χ3n) is 2.82. The van der Waals surface area contributed by atoms with Crippen LogP contribution in [0, 0.1) is 0 Å². The lowest BCUT2D eigenvalue weighted by molar-refractivity contribution is 0.200. The molecule has 0 heterocycles. The van der Waals surface area contributed by atoms with Gasteiger partial charge in [0.1, 0.15) is 5.75 Å². The number of carbonyl (C=O) groups is 1. The Bertz CT molecular complexity index is 520. The van der Waals surface area contributed by atoms with Crippen LogP contribution in [-0.4, -0.2) is 6.09 Å². The van der Waals surface area contributed by atoms with Gasteiger partial charge in [-0.25, -0.2) is 4.79 Å². The molecule has 0 atom stereocenters. The molecule has 2 rings (SSSR count). The lowest BCUT2D eigenvalue weighted by atomic mass is 10.2. The van der Waals surface area contributed by atoms with Gasteiger partial charge in [0, 0.05) is 6.54 Å². The van der Waals surface area contributed by atoms with Crippen LogP contribution < -0.4 is 10.1 Å². The van der Waals surface area contributed by atoms with Crippen LogP contribution in [0.5, 0.6) is 5.75 Å². The minimum atomic E-state index is -0.437. The number of nitrogens with one attached hydrogen (secondary N) is 1. The molecule has 0 spiro atoms. The highest BCUT2D eigenvalue weighted by Crippen LogP contribution is 2.12. The monoisotopic (exact) mass is 255 g/mol. The molecule has 0 aliphatic rings. The Morgan fingerprint density at radius 3 is 2.32 bits per heavy atom. The van der Waals surface area contributed by atoms with Crippen molar-refractivity contribution in [3.63, 3.8) is 0 Å². The predicted octanol–water partition coefficient (Wildman–Crippen LogP) is 3.54. The van der Waals surface area contributed by atoms with Crippen LogP contribution in [0.15, 0.2) is 54.6 Å².